The first kappa shape index (κ1) is 16.0. The first-order valence-electron chi connectivity index (χ1n) is 6.29. The van der Waals surface area contributed by atoms with Crippen LogP contribution in [0.5, 0.6) is 0 Å². The van der Waals surface area contributed by atoms with E-state index in [1.807, 2.05) is 30.3 Å². The third kappa shape index (κ3) is 4.06. The van der Waals surface area contributed by atoms with Gasteiger partial charge in [0.05, 0.1) is 0 Å². The van der Waals surface area contributed by atoms with Gasteiger partial charge < -0.3 is 13.4 Å². The first-order chi connectivity index (χ1) is 10.3. The Balaban J connectivity index is 2.06. The van der Waals surface area contributed by atoms with Gasteiger partial charge in [-0.25, -0.2) is 13.2 Å². The maximum Gasteiger partial charge on any atom is 0.658 e. The molecule has 1 aromatic carbocycles. The quantitative estimate of drug-likeness (QED) is 0.478. The fourth-order valence-corrected chi connectivity index (χ4v) is 1.57. The van der Waals surface area contributed by atoms with Crippen LogP contribution in [-0.2, 0) is 0 Å². The van der Waals surface area contributed by atoms with Crippen molar-refractivity contribution in [1.29, 1.82) is 0 Å². The number of hydrogen-bond acceptors (Lipinski definition) is 1. The highest BCUT2D eigenvalue weighted by Gasteiger charge is 2.60. The molecule has 0 aliphatic heterocycles. The summed E-state index contributed by atoms with van der Waals surface area (Å²) < 4.78 is 65.7. The third-order valence-corrected chi connectivity index (χ3v) is 2.73. The van der Waals surface area contributed by atoms with Crippen LogP contribution < -0.4 is 9.49 Å². The number of benzene rings is 1. The highest BCUT2D eigenvalue weighted by Crippen LogP contribution is 2.28. The van der Waals surface area contributed by atoms with E-state index in [1.165, 1.54) is 12.1 Å². The van der Waals surface area contributed by atoms with E-state index in [9.17, 15) is 21.8 Å². The van der Waals surface area contributed by atoms with E-state index < -0.39 is 13.0 Å². The summed E-state index contributed by atoms with van der Waals surface area (Å²) >= 11 is 0. The SMILES string of the molecule is F[B-](F)(O[n+]1ccc(/C=C/c2ccccc2)cc1)C(F)(F)F. The molecule has 0 saturated heterocycles. The van der Waals surface area contributed by atoms with Gasteiger partial charge >= 0.3 is 13.0 Å². The molecule has 0 unspecified atom stereocenters. The maximum absolute atomic E-state index is 12.8. The highest BCUT2D eigenvalue weighted by molar-refractivity contribution is 6.61. The molecule has 2 aromatic rings. The Morgan fingerprint density at radius 3 is 1.86 bits per heavy atom. The molecular weight excluding hydrogens is 304 g/mol. The van der Waals surface area contributed by atoms with E-state index in [1.54, 1.807) is 12.2 Å². The molecule has 116 valence electrons. The van der Waals surface area contributed by atoms with Crippen LogP contribution in [0.2, 0.25) is 0 Å². The molecule has 0 aliphatic rings. The molecule has 22 heavy (non-hydrogen) atoms. The lowest BCUT2D eigenvalue weighted by atomic mass is 9.87. The van der Waals surface area contributed by atoms with Crippen molar-refractivity contribution in [1.82, 2.24) is 0 Å². The lowest BCUT2D eigenvalue weighted by Crippen LogP contribution is -2.61. The van der Waals surface area contributed by atoms with E-state index in [4.69, 9.17) is 0 Å². The van der Waals surface area contributed by atoms with Gasteiger partial charge in [-0.15, -0.1) is 0 Å². The normalized spacial score (nSPS) is 12.6. The zero-order chi connectivity index (χ0) is 16.2. The second kappa shape index (κ2) is 6.17. The highest BCUT2D eigenvalue weighted by atomic mass is 19.4. The van der Waals surface area contributed by atoms with E-state index in [2.05, 4.69) is 4.76 Å². The number of hydrogen-bond donors (Lipinski definition) is 0. The molecule has 0 atom stereocenters. The molecular formula is C14H11BF5NO. The molecule has 2 nitrogen and oxygen atoms in total. The Bertz CT molecular complexity index is 641. The van der Waals surface area contributed by atoms with E-state index in [0.717, 1.165) is 18.0 Å². The first-order valence-corrected chi connectivity index (χ1v) is 6.29. The number of pyridine rings is 1. The number of aromatic nitrogens is 1. The molecule has 0 bridgehead atoms. The standard InChI is InChI=1S/C14H11BF5NO/c16-14(17,18)15(19,20)22-21-10-8-13(9-11-21)7-6-12-4-2-1-3-5-12/h1-11H/b7-6+. The van der Waals surface area contributed by atoms with E-state index >= 15 is 0 Å². The molecule has 8 heteroatoms. The molecule has 0 saturated carbocycles. The Morgan fingerprint density at radius 2 is 1.36 bits per heavy atom. The van der Waals surface area contributed by atoms with Crippen LogP contribution in [0.15, 0.2) is 54.9 Å². The van der Waals surface area contributed by atoms with Gasteiger partial charge in [0.25, 0.3) is 0 Å². The molecule has 0 radical (unpaired) electrons. The van der Waals surface area contributed by atoms with Gasteiger partial charge in [-0.1, -0.05) is 42.5 Å². The molecule has 0 N–H and O–H groups in total. The van der Waals surface area contributed by atoms with Crippen LogP contribution >= 0.6 is 0 Å². The summed E-state index contributed by atoms with van der Waals surface area (Å²) in [5, 5.41) is 0. The Kier molecular flexibility index (Phi) is 4.49. The van der Waals surface area contributed by atoms with Crippen LogP contribution in [-0.4, -0.2) is 13.0 Å². The van der Waals surface area contributed by atoms with Crippen molar-refractivity contribution in [2.45, 2.75) is 6.08 Å². The van der Waals surface area contributed by atoms with Crippen LogP contribution in [0.25, 0.3) is 12.2 Å². The number of halogens is 5. The fraction of sp³-hybridized carbons (Fsp3) is 0.0714. The van der Waals surface area contributed by atoms with Crippen molar-refractivity contribution < 1.29 is 31.3 Å². The topological polar surface area (TPSA) is 13.1 Å². The molecule has 0 fully saturated rings. The second-order valence-corrected chi connectivity index (χ2v) is 4.48. The summed E-state index contributed by atoms with van der Waals surface area (Å²) in [6.45, 7) is -5.94. The summed E-state index contributed by atoms with van der Waals surface area (Å²) in [5.41, 5.74) is 1.56. The maximum atomic E-state index is 12.8. The summed E-state index contributed by atoms with van der Waals surface area (Å²) in [4.78, 5) is 0. The molecule has 1 aromatic heterocycles. The Labute approximate surface area is 123 Å². The average Bonchev–Trinajstić information content (AvgIpc) is 2.46. The van der Waals surface area contributed by atoms with Crippen molar-refractivity contribution >= 4 is 19.1 Å². The van der Waals surface area contributed by atoms with Crippen molar-refractivity contribution in [3.63, 3.8) is 0 Å². The predicted octanol–water partition coefficient (Wildman–Crippen LogP) is 3.55. The predicted molar refractivity (Wildman–Crippen MR) is 72.6 cm³/mol. The summed E-state index contributed by atoms with van der Waals surface area (Å²) in [6, 6.07) is 12.0. The zero-order valence-corrected chi connectivity index (χ0v) is 11.2. The molecule has 2 rings (SSSR count). The van der Waals surface area contributed by atoms with Crippen molar-refractivity contribution in [2.24, 2.45) is 0 Å². The van der Waals surface area contributed by atoms with Gasteiger partial charge in [-0.3, -0.25) is 0 Å². The third-order valence-electron chi connectivity index (χ3n) is 2.73. The molecule has 0 spiro atoms. The molecule has 1 heterocycles. The van der Waals surface area contributed by atoms with Crippen molar-refractivity contribution in [3.8, 4) is 0 Å². The van der Waals surface area contributed by atoms with Gasteiger partial charge in [-0.05, 0) is 15.9 Å². The lowest BCUT2D eigenvalue weighted by Gasteiger charge is -2.22. The molecule has 0 aliphatic carbocycles. The Morgan fingerprint density at radius 1 is 0.864 bits per heavy atom. The number of alkyl halides is 3. The zero-order valence-electron chi connectivity index (χ0n) is 11.2. The number of rotatable bonds is 4. The van der Waals surface area contributed by atoms with Gasteiger partial charge in [0.2, 0.25) is 12.4 Å². The van der Waals surface area contributed by atoms with E-state index in [-0.39, 0.29) is 0 Å². The summed E-state index contributed by atoms with van der Waals surface area (Å²) in [5.74, 6) is 0. The van der Waals surface area contributed by atoms with Crippen LogP contribution in [0.4, 0.5) is 21.8 Å². The van der Waals surface area contributed by atoms with Crippen LogP contribution in [0.3, 0.4) is 0 Å². The van der Waals surface area contributed by atoms with Crippen molar-refractivity contribution in [3.05, 3.63) is 66.0 Å². The summed E-state index contributed by atoms with van der Waals surface area (Å²) in [6.07, 6.45) is -0.238. The van der Waals surface area contributed by atoms with Gasteiger partial charge in [0.1, 0.15) is 0 Å². The van der Waals surface area contributed by atoms with Gasteiger partial charge in [0.15, 0.2) is 0 Å². The number of nitrogens with zero attached hydrogens (tertiary/aromatic N) is 1. The van der Waals surface area contributed by atoms with Gasteiger partial charge in [0, 0.05) is 12.1 Å². The lowest BCUT2D eigenvalue weighted by molar-refractivity contribution is -0.868. The minimum Gasteiger partial charge on any atom is -0.432 e. The minimum absolute atomic E-state index is 0.341. The largest absolute Gasteiger partial charge is 0.658 e. The van der Waals surface area contributed by atoms with Crippen molar-refractivity contribution in [2.75, 3.05) is 0 Å². The minimum atomic E-state index is -5.94. The monoisotopic (exact) mass is 315 g/mol. The van der Waals surface area contributed by atoms with E-state index in [0.29, 0.717) is 10.3 Å². The average molecular weight is 315 g/mol. The smallest absolute Gasteiger partial charge is 0.432 e. The summed E-state index contributed by atoms with van der Waals surface area (Å²) in [7, 11) is 0. The van der Waals surface area contributed by atoms with Crippen LogP contribution in [0.1, 0.15) is 11.1 Å². The van der Waals surface area contributed by atoms with Crippen LogP contribution in [0, 0.1) is 0 Å². The van der Waals surface area contributed by atoms with Gasteiger partial charge in [-0.2, -0.15) is 0 Å². The Hall–Kier alpha value is -2.38. The second-order valence-electron chi connectivity index (χ2n) is 4.48. The fourth-order valence-electron chi connectivity index (χ4n) is 1.57. The molecule has 0 amide bonds.